The highest BCUT2D eigenvalue weighted by Gasteiger charge is 2.27. The Morgan fingerprint density at radius 3 is 2.52 bits per heavy atom. The number of hydrogen-bond acceptors (Lipinski definition) is 7. The van der Waals surface area contributed by atoms with Crippen LogP contribution in [0.2, 0.25) is 0 Å². The van der Waals surface area contributed by atoms with Crippen molar-refractivity contribution in [3.8, 4) is 6.01 Å². The van der Waals surface area contributed by atoms with Gasteiger partial charge in [-0.2, -0.15) is 9.97 Å². The summed E-state index contributed by atoms with van der Waals surface area (Å²) in [6.45, 7) is 7.46. The summed E-state index contributed by atoms with van der Waals surface area (Å²) in [7, 11) is 1.85. The molecule has 2 saturated heterocycles. The second-order valence-corrected chi connectivity index (χ2v) is 7.55. The first-order chi connectivity index (χ1) is 12.9. The van der Waals surface area contributed by atoms with Gasteiger partial charge in [0.15, 0.2) is 6.61 Å². The average Bonchev–Trinajstić information content (AvgIpc) is 3.17. The zero-order chi connectivity index (χ0) is 19.4. The normalized spacial score (nSPS) is 21.4. The fourth-order valence-electron chi connectivity index (χ4n) is 3.76. The first kappa shape index (κ1) is 19.8. The number of nitrogens with zero attached hydrogens (tertiary/aromatic N) is 4. The summed E-state index contributed by atoms with van der Waals surface area (Å²) in [6, 6.07) is 0.449. The zero-order valence-corrected chi connectivity index (χ0v) is 16.6. The Bertz CT molecular complexity index is 632. The molecule has 2 fully saturated rings. The minimum absolute atomic E-state index is 0.0525. The predicted octanol–water partition coefficient (Wildman–Crippen LogP) is 1.16. The molecule has 2 aliphatic rings. The van der Waals surface area contributed by atoms with E-state index < -0.39 is 0 Å². The Morgan fingerprint density at radius 2 is 1.93 bits per heavy atom. The van der Waals surface area contributed by atoms with Crippen LogP contribution in [-0.4, -0.2) is 77.7 Å². The molecule has 0 bridgehead atoms. The molecule has 3 heterocycles. The number of aromatic nitrogens is 2. The van der Waals surface area contributed by atoms with Crippen molar-refractivity contribution in [3.05, 3.63) is 11.4 Å². The number of nitrogen functional groups attached to an aromatic ring is 1. The highest BCUT2D eigenvalue weighted by Crippen LogP contribution is 2.20. The van der Waals surface area contributed by atoms with Gasteiger partial charge in [0, 0.05) is 39.3 Å². The first-order valence-corrected chi connectivity index (χ1v) is 9.77. The van der Waals surface area contributed by atoms with Gasteiger partial charge in [-0.25, -0.2) is 0 Å². The van der Waals surface area contributed by atoms with Crippen molar-refractivity contribution in [2.75, 3.05) is 45.6 Å². The summed E-state index contributed by atoms with van der Waals surface area (Å²) in [4.78, 5) is 25.1. The van der Waals surface area contributed by atoms with E-state index in [-0.39, 0.29) is 24.6 Å². The number of carbonyl (C=O) groups excluding carboxylic acids is 1. The molecule has 1 aromatic heterocycles. The molecule has 2 N–H and O–H groups in total. The number of carbonyl (C=O) groups is 1. The summed E-state index contributed by atoms with van der Waals surface area (Å²) in [5.41, 5.74) is 7.73. The highest BCUT2D eigenvalue weighted by molar-refractivity contribution is 5.77. The van der Waals surface area contributed by atoms with Gasteiger partial charge in [0.25, 0.3) is 5.91 Å². The van der Waals surface area contributed by atoms with Crippen molar-refractivity contribution in [1.29, 1.82) is 0 Å². The van der Waals surface area contributed by atoms with Crippen LogP contribution < -0.4 is 10.5 Å². The Hall–Kier alpha value is -1.93. The van der Waals surface area contributed by atoms with Crippen molar-refractivity contribution >= 4 is 11.6 Å². The summed E-state index contributed by atoms with van der Waals surface area (Å²) in [6.07, 6.45) is 4.69. The SMILES string of the molecule is Cc1nc(OCC(=O)N(C)C2CCN(CC3CCCO3)CC2)nc(C)c1N. The van der Waals surface area contributed by atoms with E-state index in [0.717, 1.165) is 39.1 Å². The van der Waals surface area contributed by atoms with Gasteiger partial charge in [0.05, 0.1) is 23.2 Å². The number of anilines is 1. The molecule has 8 nitrogen and oxygen atoms in total. The number of likely N-dealkylation sites (tertiary alicyclic amines) is 1. The molecule has 1 aromatic rings. The van der Waals surface area contributed by atoms with Crippen molar-refractivity contribution in [2.45, 2.75) is 51.7 Å². The molecule has 0 spiro atoms. The molecule has 8 heteroatoms. The average molecular weight is 377 g/mol. The van der Waals surface area contributed by atoms with Crippen LogP contribution in [0.15, 0.2) is 0 Å². The predicted molar refractivity (Wildman–Crippen MR) is 103 cm³/mol. The van der Waals surface area contributed by atoms with Gasteiger partial charge in [-0.1, -0.05) is 0 Å². The summed E-state index contributed by atoms with van der Waals surface area (Å²) >= 11 is 0. The maximum Gasteiger partial charge on any atom is 0.317 e. The topological polar surface area (TPSA) is 93.8 Å². The number of nitrogens with two attached hydrogens (primary N) is 1. The first-order valence-electron chi connectivity index (χ1n) is 9.77. The molecule has 3 rings (SSSR count). The molecule has 27 heavy (non-hydrogen) atoms. The van der Waals surface area contributed by atoms with E-state index in [4.69, 9.17) is 15.2 Å². The molecule has 0 radical (unpaired) electrons. The maximum atomic E-state index is 12.5. The molecule has 1 amide bonds. The van der Waals surface area contributed by atoms with Crippen LogP contribution in [0.4, 0.5) is 5.69 Å². The van der Waals surface area contributed by atoms with Crippen molar-refractivity contribution < 1.29 is 14.3 Å². The molecular weight excluding hydrogens is 346 g/mol. The Balaban J connectivity index is 1.44. The third-order valence-electron chi connectivity index (χ3n) is 5.62. The molecule has 0 aromatic carbocycles. The number of amides is 1. The van der Waals surface area contributed by atoms with E-state index in [2.05, 4.69) is 14.9 Å². The lowest BCUT2D eigenvalue weighted by Gasteiger charge is -2.37. The van der Waals surface area contributed by atoms with Gasteiger partial charge in [-0.15, -0.1) is 0 Å². The number of rotatable bonds is 6. The maximum absolute atomic E-state index is 12.5. The molecule has 0 saturated carbocycles. The van der Waals surface area contributed by atoms with Gasteiger partial charge < -0.3 is 25.0 Å². The van der Waals surface area contributed by atoms with Gasteiger partial charge in [-0.05, 0) is 39.5 Å². The summed E-state index contributed by atoms with van der Waals surface area (Å²) < 4.78 is 11.2. The van der Waals surface area contributed by atoms with Crippen LogP contribution in [0, 0.1) is 13.8 Å². The Morgan fingerprint density at radius 1 is 1.26 bits per heavy atom. The van der Waals surface area contributed by atoms with E-state index in [9.17, 15) is 4.79 Å². The van der Waals surface area contributed by atoms with E-state index in [0.29, 0.717) is 23.2 Å². The summed E-state index contributed by atoms with van der Waals surface area (Å²) in [5, 5.41) is 0. The number of piperidine rings is 1. The fourth-order valence-corrected chi connectivity index (χ4v) is 3.76. The lowest BCUT2D eigenvalue weighted by molar-refractivity contribution is -0.135. The van der Waals surface area contributed by atoms with E-state index in [1.165, 1.54) is 12.8 Å². The second-order valence-electron chi connectivity index (χ2n) is 7.55. The molecular formula is C19H31N5O3. The number of aryl methyl sites for hydroxylation is 2. The molecule has 0 aliphatic carbocycles. The van der Waals surface area contributed by atoms with Crippen LogP contribution in [0.1, 0.15) is 37.1 Å². The molecule has 1 unspecified atom stereocenters. The van der Waals surface area contributed by atoms with Crippen LogP contribution in [-0.2, 0) is 9.53 Å². The van der Waals surface area contributed by atoms with E-state index in [1.54, 1.807) is 18.7 Å². The van der Waals surface area contributed by atoms with Gasteiger partial charge >= 0.3 is 6.01 Å². The van der Waals surface area contributed by atoms with Crippen molar-refractivity contribution in [3.63, 3.8) is 0 Å². The standard InChI is InChI=1S/C19H31N5O3/c1-13-18(20)14(2)22-19(21-13)27-12-17(25)23(3)15-6-8-24(9-7-15)11-16-5-4-10-26-16/h15-16H,4-12,20H2,1-3H3. The Labute approximate surface area is 161 Å². The molecule has 1 atom stereocenters. The minimum Gasteiger partial charge on any atom is -0.453 e. The summed E-state index contributed by atoms with van der Waals surface area (Å²) in [5.74, 6) is -0.0525. The molecule has 150 valence electrons. The van der Waals surface area contributed by atoms with Crippen LogP contribution >= 0.6 is 0 Å². The van der Waals surface area contributed by atoms with Crippen LogP contribution in [0.25, 0.3) is 0 Å². The van der Waals surface area contributed by atoms with Crippen LogP contribution in [0.3, 0.4) is 0 Å². The zero-order valence-electron chi connectivity index (χ0n) is 16.6. The third-order valence-corrected chi connectivity index (χ3v) is 5.62. The van der Waals surface area contributed by atoms with E-state index in [1.807, 2.05) is 7.05 Å². The smallest absolute Gasteiger partial charge is 0.317 e. The number of likely N-dealkylation sites (N-methyl/N-ethyl adjacent to an activating group) is 1. The Kier molecular flexibility index (Phi) is 6.49. The third kappa shape index (κ3) is 5.07. The lowest BCUT2D eigenvalue weighted by Crippen LogP contribution is -2.48. The van der Waals surface area contributed by atoms with Gasteiger partial charge in [0.2, 0.25) is 0 Å². The highest BCUT2D eigenvalue weighted by atomic mass is 16.5. The minimum atomic E-state index is -0.0601. The van der Waals surface area contributed by atoms with Gasteiger partial charge in [0.1, 0.15) is 0 Å². The quantitative estimate of drug-likeness (QED) is 0.795. The van der Waals surface area contributed by atoms with Crippen molar-refractivity contribution in [2.24, 2.45) is 0 Å². The lowest BCUT2D eigenvalue weighted by atomic mass is 10.0. The van der Waals surface area contributed by atoms with Crippen molar-refractivity contribution in [1.82, 2.24) is 19.8 Å². The fraction of sp³-hybridized carbons (Fsp3) is 0.737. The number of hydrogen-bond donors (Lipinski definition) is 1. The van der Waals surface area contributed by atoms with Crippen LogP contribution in [0.5, 0.6) is 6.01 Å². The number of ether oxygens (including phenoxy) is 2. The van der Waals surface area contributed by atoms with Gasteiger partial charge in [-0.3, -0.25) is 4.79 Å². The monoisotopic (exact) mass is 377 g/mol. The second kappa shape index (κ2) is 8.84. The largest absolute Gasteiger partial charge is 0.453 e. The van der Waals surface area contributed by atoms with E-state index >= 15 is 0 Å². The molecule has 2 aliphatic heterocycles.